The van der Waals surface area contributed by atoms with Gasteiger partial charge >= 0.3 is 0 Å². The lowest BCUT2D eigenvalue weighted by Crippen LogP contribution is -2.52. The molecule has 204 valence electrons. The first kappa shape index (κ1) is 28.2. The molecule has 35 heavy (non-hydrogen) atoms. The lowest BCUT2D eigenvalue weighted by molar-refractivity contribution is 0.00639. The van der Waals surface area contributed by atoms with Crippen molar-refractivity contribution in [3.63, 3.8) is 0 Å². The molecular formula is C34H64Si. The van der Waals surface area contributed by atoms with Crippen molar-refractivity contribution in [3.8, 4) is 0 Å². The molecule has 0 spiro atoms. The lowest BCUT2D eigenvalue weighted by Gasteiger charge is -2.54. The zero-order valence-electron chi connectivity index (χ0n) is 26.3. The Labute approximate surface area is 222 Å². The zero-order valence-corrected chi connectivity index (χ0v) is 27.3. The van der Waals surface area contributed by atoms with Crippen molar-refractivity contribution in [1.29, 1.82) is 0 Å². The molecule has 0 saturated heterocycles. The van der Waals surface area contributed by atoms with E-state index in [9.17, 15) is 0 Å². The van der Waals surface area contributed by atoms with Gasteiger partial charge in [0.2, 0.25) is 0 Å². The fourth-order valence-corrected chi connectivity index (χ4v) is 19.7. The van der Waals surface area contributed by atoms with Crippen molar-refractivity contribution in [2.45, 2.75) is 120 Å². The summed E-state index contributed by atoms with van der Waals surface area (Å²) in [5, 5.41) is 0. The van der Waals surface area contributed by atoms with Crippen LogP contribution in [0.4, 0.5) is 0 Å². The van der Waals surface area contributed by atoms with Crippen LogP contribution in [0.15, 0.2) is 0 Å². The molecular weight excluding hydrogens is 436 g/mol. The van der Waals surface area contributed by atoms with Gasteiger partial charge < -0.3 is 0 Å². The van der Waals surface area contributed by atoms with Crippen LogP contribution in [0, 0.1) is 94.7 Å². The molecule has 4 rings (SSSR count). The minimum Gasteiger partial charge on any atom is -0.0689 e. The fraction of sp³-hybridized carbons (Fsp3) is 1.00. The van der Waals surface area contributed by atoms with Crippen LogP contribution in [-0.2, 0) is 0 Å². The Bertz CT molecular complexity index is 681. The minimum absolute atomic E-state index is 0.882. The van der Waals surface area contributed by atoms with Crippen molar-refractivity contribution in [2.75, 3.05) is 0 Å². The SMILES string of the molecule is CCC1C(C)C([Si](C)(C)C2C(C)C(CC)C3C(C)C(C)C(C)C(C)C32)C2C(C)C(C)C(C)C(C)C12. The molecule has 4 saturated carbocycles. The highest BCUT2D eigenvalue weighted by molar-refractivity contribution is 6.80. The third-order valence-electron chi connectivity index (χ3n) is 15.3. The van der Waals surface area contributed by atoms with E-state index in [1.54, 1.807) is 0 Å². The van der Waals surface area contributed by atoms with Gasteiger partial charge in [0.05, 0.1) is 8.07 Å². The van der Waals surface area contributed by atoms with Crippen molar-refractivity contribution >= 4 is 8.07 Å². The van der Waals surface area contributed by atoms with E-state index >= 15 is 0 Å². The van der Waals surface area contributed by atoms with E-state index in [0.29, 0.717) is 0 Å². The van der Waals surface area contributed by atoms with Gasteiger partial charge in [0, 0.05) is 0 Å². The van der Waals surface area contributed by atoms with Crippen molar-refractivity contribution in [1.82, 2.24) is 0 Å². The Balaban J connectivity index is 1.80. The van der Waals surface area contributed by atoms with E-state index in [1.807, 2.05) is 0 Å². The van der Waals surface area contributed by atoms with E-state index < -0.39 is 8.07 Å². The van der Waals surface area contributed by atoms with Gasteiger partial charge in [0.15, 0.2) is 0 Å². The van der Waals surface area contributed by atoms with E-state index in [2.05, 4.69) is 96.2 Å². The van der Waals surface area contributed by atoms with E-state index in [4.69, 9.17) is 0 Å². The summed E-state index contributed by atoms with van der Waals surface area (Å²) in [5.74, 6) is 14.8. The summed E-state index contributed by atoms with van der Waals surface area (Å²) in [6.45, 7) is 37.5. The van der Waals surface area contributed by atoms with Gasteiger partial charge in [-0.05, 0) is 106 Å². The second kappa shape index (κ2) is 9.75. The summed E-state index contributed by atoms with van der Waals surface area (Å²) in [6, 6.07) is 0. The van der Waals surface area contributed by atoms with Crippen LogP contribution >= 0.6 is 0 Å². The summed E-state index contributed by atoms with van der Waals surface area (Å²) in [5.41, 5.74) is 2.04. The standard InChI is InChI=1S/C34H64Si/c1-15-27-25(11)33(31-23(9)19(5)17(3)21(7)29(27)31)35(13,14)34-26(12)28(16-2)30-22(8)18(4)20(6)24(10)32(30)34/h17-34H,15-16H2,1-14H3. The Hall–Kier alpha value is 0.217. The Kier molecular flexibility index (Phi) is 7.87. The summed E-state index contributed by atoms with van der Waals surface area (Å²) in [6.07, 6.45) is 2.82. The molecule has 0 aliphatic heterocycles. The van der Waals surface area contributed by atoms with Gasteiger partial charge in [-0.25, -0.2) is 0 Å². The maximum absolute atomic E-state index is 2.93. The number of hydrogen-bond acceptors (Lipinski definition) is 0. The van der Waals surface area contributed by atoms with Crippen LogP contribution in [0.5, 0.6) is 0 Å². The monoisotopic (exact) mass is 500 g/mol. The molecule has 0 aromatic carbocycles. The zero-order chi connectivity index (χ0) is 26.3. The van der Waals surface area contributed by atoms with Gasteiger partial charge in [-0.2, -0.15) is 0 Å². The smallest absolute Gasteiger partial charge is 0.0547 e. The molecule has 0 heterocycles. The van der Waals surface area contributed by atoms with Crippen LogP contribution < -0.4 is 0 Å². The molecule has 0 aromatic rings. The van der Waals surface area contributed by atoms with Crippen molar-refractivity contribution < 1.29 is 0 Å². The number of fused-ring (bicyclic) bond motifs is 2. The normalized spacial score (nSPS) is 58.8. The van der Waals surface area contributed by atoms with Gasteiger partial charge in [-0.3, -0.25) is 0 Å². The summed E-state index contributed by atoms with van der Waals surface area (Å²) in [4.78, 5) is 0. The van der Waals surface area contributed by atoms with Gasteiger partial charge in [-0.1, -0.05) is 109 Å². The highest BCUT2D eigenvalue weighted by atomic mass is 28.3. The largest absolute Gasteiger partial charge is 0.0689 e. The number of rotatable bonds is 4. The first-order valence-electron chi connectivity index (χ1n) is 16.2. The highest BCUT2D eigenvalue weighted by Crippen LogP contribution is 2.71. The minimum atomic E-state index is -1.54. The summed E-state index contributed by atoms with van der Waals surface area (Å²) >= 11 is 0. The van der Waals surface area contributed by atoms with E-state index in [1.165, 1.54) is 12.8 Å². The van der Waals surface area contributed by atoms with Crippen LogP contribution in [0.3, 0.4) is 0 Å². The van der Waals surface area contributed by atoms with Crippen LogP contribution in [-0.4, -0.2) is 8.07 Å². The first-order chi connectivity index (χ1) is 16.2. The summed E-state index contributed by atoms with van der Waals surface area (Å²) < 4.78 is 0. The molecule has 0 amide bonds. The molecule has 0 radical (unpaired) electrons. The van der Waals surface area contributed by atoms with Crippen molar-refractivity contribution in [3.05, 3.63) is 0 Å². The fourth-order valence-electron chi connectivity index (χ4n) is 13.0. The molecule has 18 unspecified atom stereocenters. The predicted molar refractivity (Wildman–Crippen MR) is 158 cm³/mol. The van der Waals surface area contributed by atoms with Crippen LogP contribution in [0.2, 0.25) is 24.2 Å². The van der Waals surface area contributed by atoms with Gasteiger partial charge in [-0.15, -0.1) is 0 Å². The molecule has 4 fully saturated rings. The molecule has 0 bridgehead atoms. The Morgan fingerprint density at radius 3 is 0.886 bits per heavy atom. The van der Waals surface area contributed by atoms with E-state index in [0.717, 1.165) is 106 Å². The second-order valence-electron chi connectivity index (χ2n) is 15.9. The first-order valence-corrected chi connectivity index (χ1v) is 19.4. The molecule has 0 nitrogen and oxygen atoms in total. The molecule has 4 aliphatic rings. The lowest BCUT2D eigenvalue weighted by atomic mass is 9.58. The molecule has 0 N–H and O–H groups in total. The van der Waals surface area contributed by atoms with Crippen LogP contribution in [0.25, 0.3) is 0 Å². The van der Waals surface area contributed by atoms with Gasteiger partial charge in [0.1, 0.15) is 0 Å². The maximum Gasteiger partial charge on any atom is 0.0547 e. The number of hydrogen-bond donors (Lipinski definition) is 0. The van der Waals surface area contributed by atoms with Crippen molar-refractivity contribution in [2.24, 2.45) is 94.7 Å². The second-order valence-corrected chi connectivity index (χ2v) is 20.9. The highest BCUT2D eigenvalue weighted by Gasteiger charge is 2.66. The Morgan fingerprint density at radius 2 is 0.629 bits per heavy atom. The van der Waals surface area contributed by atoms with E-state index in [-0.39, 0.29) is 0 Å². The summed E-state index contributed by atoms with van der Waals surface area (Å²) in [7, 11) is -1.54. The quantitative estimate of drug-likeness (QED) is 0.337. The Morgan fingerprint density at radius 1 is 0.371 bits per heavy atom. The van der Waals surface area contributed by atoms with Gasteiger partial charge in [0.25, 0.3) is 0 Å². The topological polar surface area (TPSA) is 0 Å². The maximum atomic E-state index is 2.93. The molecule has 1 heteroatoms. The van der Waals surface area contributed by atoms with Crippen LogP contribution in [0.1, 0.15) is 95.9 Å². The molecule has 4 aliphatic carbocycles. The predicted octanol–water partition coefficient (Wildman–Crippen LogP) is 10.4. The third-order valence-corrected chi connectivity index (χ3v) is 20.5. The molecule has 0 aromatic heterocycles. The molecule has 18 atom stereocenters. The average molecular weight is 501 g/mol. The average Bonchev–Trinajstić information content (AvgIpc) is 3.30. The third kappa shape index (κ3) is 3.84.